The van der Waals surface area contributed by atoms with Crippen molar-refractivity contribution in [3.05, 3.63) is 102 Å². The third-order valence-electron chi connectivity index (χ3n) is 5.54. The van der Waals surface area contributed by atoms with Gasteiger partial charge in [0, 0.05) is 0 Å². The van der Waals surface area contributed by atoms with Crippen LogP contribution in [0.5, 0.6) is 0 Å². The fourth-order valence-electron chi connectivity index (χ4n) is 3.78. The zero-order valence-corrected chi connectivity index (χ0v) is 18.8. The molecular weight excluding hydrogens is 437 g/mol. The van der Waals surface area contributed by atoms with Gasteiger partial charge in [0.25, 0.3) is 0 Å². The van der Waals surface area contributed by atoms with E-state index in [1.54, 1.807) is 0 Å². The van der Waals surface area contributed by atoms with E-state index in [4.69, 9.17) is 0 Å². The van der Waals surface area contributed by atoms with Crippen molar-refractivity contribution < 1.29 is 14.4 Å². The molecular formula is C24H26N5O3P. The Hall–Kier alpha value is -3.16. The first-order valence-electron chi connectivity index (χ1n) is 10.7. The number of benzene rings is 3. The number of rotatable bonds is 10. The Labute approximate surface area is 192 Å². The summed E-state index contributed by atoms with van der Waals surface area (Å²) in [5, 5.41) is 17.2. The van der Waals surface area contributed by atoms with E-state index < -0.39 is 19.4 Å². The van der Waals surface area contributed by atoms with Gasteiger partial charge in [-0.05, 0) is 51.9 Å². The van der Waals surface area contributed by atoms with Gasteiger partial charge in [-0.2, -0.15) is 0 Å². The first-order chi connectivity index (χ1) is 16.0. The molecule has 4 rings (SSSR count). The van der Waals surface area contributed by atoms with Gasteiger partial charge >= 0.3 is 7.60 Å². The van der Waals surface area contributed by atoms with Gasteiger partial charge in [0.15, 0.2) is 5.82 Å². The lowest BCUT2D eigenvalue weighted by molar-refractivity contribution is 0.328. The highest BCUT2D eigenvalue weighted by atomic mass is 31.2. The van der Waals surface area contributed by atoms with Crippen molar-refractivity contribution in [1.29, 1.82) is 0 Å². The molecule has 0 saturated carbocycles. The van der Waals surface area contributed by atoms with E-state index in [1.807, 2.05) is 72.8 Å². The Morgan fingerprint density at radius 3 is 2.09 bits per heavy atom. The van der Waals surface area contributed by atoms with Gasteiger partial charge in [0.1, 0.15) is 5.78 Å². The zero-order valence-electron chi connectivity index (χ0n) is 18.0. The summed E-state index contributed by atoms with van der Waals surface area (Å²) in [6.07, 6.45) is 1.28. The lowest BCUT2D eigenvalue weighted by Crippen LogP contribution is -2.35. The normalized spacial score (nSPS) is 13.5. The molecule has 170 valence electrons. The van der Waals surface area contributed by atoms with Gasteiger partial charge < -0.3 is 9.79 Å². The number of nitrogens with zero attached hydrogens (tertiary/aromatic N) is 3. The average molecular weight is 463 g/mol. The molecule has 0 aliphatic rings. The summed E-state index contributed by atoms with van der Waals surface area (Å²) in [4.78, 5) is 20.0. The molecule has 4 N–H and O–H groups in total. The summed E-state index contributed by atoms with van der Waals surface area (Å²) in [6, 6.07) is 27.3. The first kappa shape index (κ1) is 23.0. The second-order valence-electron chi connectivity index (χ2n) is 7.90. The fraction of sp³-hybridized carbons (Fsp3) is 0.208. The Balaban J connectivity index is 1.51. The number of aryl methyl sites for hydroxylation is 1. The highest BCUT2D eigenvalue weighted by Crippen LogP contribution is 2.43. The number of tetrazole rings is 1. The van der Waals surface area contributed by atoms with Crippen LogP contribution < -0.4 is 5.32 Å². The molecule has 2 atom stereocenters. The Bertz CT molecular complexity index is 1170. The van der Waals surface area contributed by atoms with Crippen LogP contribution in [0.1, 0.15) is 29.4 Å². The number of nitrogens with one attached hydrogen (secondary N) is 2. The SMILES string of the molecule is O=P(O)(O)C(CCc1ccccc1)NC(Cc1ccc(-c2ccccc2)cc1)c1nnn[nH]1. The zero-order chi connectivity index (χ0) is 23.1. The fourth-order valence-corrected chi connectivity index (χ4v) is 4.62. The molecule has 0 aliphatic carbocycles. The van der Waals surface area contributed by atoms with E-state index in [1.165, 1.54) is 0 Å². The summed E-state index contributed by atoms with van der Waals surface area (Å²) in [6.45, 7) is 0. The minimum absolute atomic E-state index is 0.277. The van der Waals surface area contributed by atoms with Crippen molar-refractivity contribution >= 4 is 7.60 Å². The molecule has 2 unspecified atom stereocenters. The van der Waals surface area contributed by atoms with Gasteiger partial charge in [-0.3, -0.25) is 9.88 Å². The van der Waals surface area contributed by atoms with Gasteiger partial charge in [0.05, 0.1) is 6.04 Å². The van der Waals surface area contributed by atoms with E-state index in [-0.39, 0.29) is 6.42 Å². The highest BCUT2D eigenvalue weighted by Gasteiger charge is 2.32. The smallest absolute Gasteiger partial charge is 0.323 e. The summed E-state index contributed by atoms with van der Waals surface area (Å²) < 4.78 is 12.3. The predicted molar refractivity (Wildman–Crippen MR) is 126 cm³/mol. The van der Waals surface area contributed by atoms with Crippen molar-refractivity contribution in [2.75, 3.05) is 0 Å². The third kappa shape index (κ3) is 6.43. The van der Waals surface area contributed by atoms with Gasteiger partial charge in [-0.25, -0.2) is 5.10 Å². The van der Waals surface area contributed by atoms with Crippen molar-refractivity contribution in [2.24, 2.45) is 0 Å². The maximum atomic E-state index is 12.3. The first-order valence-corrected chi connectivity index (χ1v) is 12.4. The third-order valence-corrected chi connectivity index (χ3v) is 6.76. The van der Waals surface area contributed by atoms with E-state index in [9.17, 15) is 14.4 Å². The number of hydrogen-bond donors (Lipinski definition) is 4. The summed E-state index contributed by atoms with van der Waals surface area (Å²) in [5.41, 5.74) is 4.24. The minimum atomic E-state index is -4.41. The molecule has 0 bridgehead atoms. The second kappa shape index (κ2) is 10.6. The molecule has 33 heavy (non-hydrogen) atoms. The predicted octanol–water partition coefficient (Wildman–Crippen LogP) is 3.88. The molecule has 1 aromatic heterocycles. The van der Waals surface area contributed by atoms with E-state index in [0.29, 0.717) is 18.7 Å². The molecule has 0 aliphatic heterocycles. The highest BCUT2D eigenvalue weighted by molar-refractivity contribution is 7.52. The summed E-state index contributed by atoms with van der Waals surface area (Å²) in [7, 11) is -4.41. The quantitative estimate of drug-likeness (QED) is 0.263. The van der Waals surface area contributed by atoms with Crippen LogP contribution >= 0.6 is 7.60 Å². The van der Waals surface area contributed by atoms with Crippen LogP contribution in [0.15, 0.2) is 84.9 Å². The monoisotopic (exact) mass is 463 g/mol. The van der Waals surface area contributed by atoms with Gasteiger partial charge in [-0.15, -0.1) is 5.10 Å². The average Bonchev–Trinajstić information content (AvgIpc) is 3.37. The van der Waals surface area contributed by atoms with Crippen LogP contribution in [-0.2, 0) is 17.4 Å². The summed E-state index contributed by atoms with van der Waals surface area (Å²) >= 11 is 0. The molecule has 0 amide bonds. The Kier molecular flexibility index (Phi) is 7.42. The number of H-pyrrole nitrogens is 1. The van der Waals surface area contributed by atoms with E-state index in [0.717, 1.165) is 22.3 Å². The van der Waals surface area contributed by atoms with Crippen LogP contribution in [0, 0.1) is 0 Å². The maximum Gasteiger partial charge on any atom is 0.342 e. The lowest BCUT2D eigenvalue weighted by Gasteiger charge is -2.25. The molecule has 4 aromatic rings. The molecule has 8 nitrogen and oxygen atoms in total. The van der Waals surface area contributed by atoms with Crippen molar-refractivity contribution in [3.8, 4) is 11.1 Å². The molecule has 0 saturated heterocycles. The maximum absolute atomic E-state index is 12.3. The summed E-state index contributed by atoms with van der Waals surface area (Å²) in [5.74, 6) is -0.600. The van der Waals surface area contributed by atoms with Crippen LogP contribution in [0.4, 0.5) is 0 Å². The molecule has 0 radical (unpaired) electrons. The van der Waals surface area contributed by atoms with Crippen LogP contribution in [0.25, 0.3) is 11.1 Å². The molecule has 1 heterocycles. The van der Waals surface area contributed by atoms with Gasteiger partial charge in [-0.1, -0.05) is 84.9 Å². The number of aromatic amines is 1. The molecule has 0 spiro atoms. The second-order valence-corrected chi connectivity index (χ2v) is 9.70. The van der Waals surface area contributed by atoms with E-state index in [2.05, 4.69) is 38.1 Å². The molecule has 0 fully saturated rings. The van der Waals surface area contributed by atoms with Crippen molar-refractivity contribution in [1.82, 2.24) is 25.9 Å². The van der Waals surface area contributed by atoms with Crippen LogP contribution in [0.3, 0.4) is 0 Å². The van der Waals surface area contributed by atoms with Crippen LogP contribution in [-0.4, -0.2) is 36.2 Å². The van der Waals surface area contributed by atoms with Gasteiger partial charge in [0.2, 0.25) is 0 Å². The Morgan fingerprint density at radius 1 is 0.848 bits per heavy atom. The minimum Gasteiger partial charge on any atom is -0.323 e. The van der Waals surface area contributed by atoms with E-state index >= 15 is 0 Å². The largest absolute Gasteiger partial charge is 0.342 e. The molecule has 9 heteroatoms. The standard InChI is InChI=1S/C24H26N5O3P/c30-33(31,32)23(16-13-18-7-3-1-4-8-18)25-22(24-26-28-29-27-24)17-19-11-14-21(15-12-19)20-9-5-2-6-10-20/h1-12,14-15,22-23,25H,13,16-17H2,(H2,30,31,32)(H,26,27,28,29). The number of hydrogen-bond acceptors (Lipinski definition) is 5. The van der Waals surface area contributed by atoms with Crippen LogP contribution in [0.2, 0.25) is 0 Å². The van der Waals surface area contributed by atoms with Crippen molar-refractivity contribution in [3.63, 3.8) is 0 Å². The Morgan fingerprint density at radius 2 is 1.48 bits per heavy atom. The number of aromatic nitrogens is 4. The van der Waals surface area contributed by atoms with Crippen molar-refractivity contribution in [2.45, 2.75) is 31.1 Å². The lowest BCUT2D eigenvalue weighted by atomic mass is 10.00. The molecule has 3 aromatic carbocycles. The topological polar surface area (TPSA) is 124 Å².